The Hall–Kier alpha value is -4.59. The normalized spacial score (nSPS) is 14.8. The van der Waals surface area contributed by atoms with Gasteiger partial charge in [0.2, 0.25) is 17.4 Å². The van der Waals surface area contributed by atoms with E-state index in [9.17, 15) is 9.59 Å². The van der Waals surface area contributed by atoms with Gasteiger partial charge in [0.05, 0.1) is 29.0 Å². The standard InChI is InChI=1S/C32H34N6O2/c1-21-11-12-28(34-22(2)39)31(19-21)36-17-14-25(15-18-36)38-30-10-5-4-9-29(30)37(32(38)35-23(3)40)20-24-7-6-8-27-26(24)13-16-33-27/h4-13,16,19,25,33H,14-15,17-18,20H2,1-3H3,(H,34,39)/b35-32+. The third-order valence-corrected chi connectivity index (χ3v) is 7.79. The zero-order chi connectivity index (χ0) is 27.8. The van der Waals surface area contributed by atoms with Crippen molar-refractivity contribution in [1.29, 1.82) is 0 Å². The molecule has 2 amide bonds. The number of nitrogens with one attached hydrogen (secondary N) is 2. The van der Waals surface area contributed by atoms with Crippen LogP contribution in [0.4, 0.5) is 11.4 Å². The number of imidazole rings is 1. The number of carbonyl (C=O) groups is 2. The fraction of sp³-hybridized carbons (Fsp3) is 0.281. The molecule has 0 saturated carbocycles. The summed E-state index contributed by atoms with van der Waals surface area (Å²) in [6.45, 7) is 7.39. The minimum atomic E-state index is -0.213. The third-order valence-electron chi connectivity index (χ3n) is 7.79. The van der Waals surface area contributed by atoms with Gasteiger partial charge in [-0.1, -0.05) is 30.3 Å². The number of H-pyrrole nitrogens is 1. The minimum Gasteiger partial charge on any atom is -0.370 e. The predicted molar refractivity (Wildman–Crippen MR) is 160 cm³/mol. The molecule has 3 heterocycles. The van der Waals surface area contributed by atoms with Crippen LogP contribution >= 0.6 is 0 Å². The molecule has 1 fully saturated rings. The van der Waals surface area contributed by atoms with Gasteiger partial charge in [0, 0.05) is 50.1 Å². The van der Waals surface area contributed by atoms with Crippen LogP contribution in [0.5, 0.6) is 0 Å². The third kappa shape index (κ3) is 4.81. The number of aryl methyl sites for hydroxylation is 1. The molecular weight excluding hydrogens is 500 g/mol. The van der Waals surface area contributed by atoms with Crippen LogP contribution in [0.25, 0.3) is 21.9 Å². The highest BCUT2D eigenvalue weighted by Crippen LogP contribution is 2.33. The van der Waals surface area contributed by atoms with E-state index in [2.05, 4.69) is 84.8 Å². The van der Waals surface area contributed by atoms with Gasteiger partial charge in [-0.3, -0.25) is 9.59 Å². The van der Waals surface area contributed by atoms with E-state index in [4.69, 9.17) is 0 Å². The van der Waals surface area contributed by atoms with Crippen LogP contribution in [0, 0.1) is 6.92 Å². The highest BCUT2D eigenvalue weighted by Gasteiger charge is 2.26. The largest absolute Gasteiger partial charge is 0.370 e. The number of nitrogens with zero attached hydrogens (tertiary/aromatic N) is 4. The maximum absolute atomic E-state index is 12.5. The van der Waals surface area contributed by atoms with E-state index in [0.29, 0.717) is 12.2 Å². The van der Waals surface area contributed by atoms with Gasteiger partial charge in [0.25, 0.3) is 0 Å². The van der Waals surface area contributed by atoms with E-state index in [0.717, 1.165) is 59.4 Å². The van der Waals surface area contributed by atoms with Crippen molar-refractivity contribution in [3.63, 3.8) is 0 Å². The second kappa shape index (κ2) is 10.5. The van der Waals surface area contributed by atoms with Crippen molar-refractivity contribution in [3.8, 4) is 0 Å². The number of rotatable bonds is 5. The molecule has 2 N–H and O–H groups in total. The van der Waals surface area contributed by atoms with E-state index in [1.807, 2.05) is 24.4 Å². The Morgan fingerprint density at radius 1 is 0.975 bits per heavy atom. The molecule has 3 aromatic carbocycles. The van der Waals surface area contributed by atoms with Crippen LogP contribution in [-0.2, 0) is 16.1 Å². The van der Waals surface area contributed by atoms with Crippen LogP contribution in [0.3, 0.4) is 0 Å². The van der Waals surface area contributed by atoms with Crippen molar-refractivity contribution in [3.05, 3.63) is 89.7 Å². The van der Waals surface area contributed by atoms with E-state index in [1.165, 1.54) is 17.9 Å². The number of fused-ring (bicyclic) bond motifs is 2. The molecule has 1 saturated heterocycles. The lowest BCUT2D eigenvalue weighted by molar-refractivity contribution is -0.116. The number of aromatic amines is 1. The van der Waals surface area contributed by atoms with Crippen molar-refractivity contribution in [1.82, 2.24) is 14.1 Å². The fourth-order valence-electron chi connectivity index (χ4n) is 6.03. The van der Waals surface area contributed by atoms with Crippen molar-refractivity contribution in [2.45, 2.75) is 46.2 Å². The number of para-hydroxylation sites is 2. The molecule has 0 unspecified atom stereocenters. The molecule has 0 bridgehead atoms. The Labute approximate surface area is 233 Å². The molecule has 0 atom stereocenters. The van der Waals surface area contributed by atoms with Crippen LogP contribution in [0.15, 0.2) is 77.9 Å². The molecule has 1 aliphatic heterocycles. The monoisotopic (exact) mass is 534 g/mol. The zero-order valence-corrected chi connectivity index (χ0v) is 23.1. The second-order valence-corrected chi connectivity index (χ2v) is 10.7. The number of hydrogen-bond donors (Lipinski definition) is 2. The number of piperidine rings is 1. The number of hydrogen-bond acceptors (Lipinski definition) is 3. The maximum atomic E-state index is 12.5. The topological polar surface area (TPSA) is 87.4 Å². The van der Waals surface area contributed by atoms with Crippen molar-refractivity contribution in [2.24, 2.45) is 4.99 Å². The molecule has 6 rings (SSSR count). The maximum Gasteiger partial charge on any atom is 0.245 e. The van der Waals surface area contributed by atoms with E-state index in [1.54, 1.807) is 6.92 Å². The molecule has 0 radical (unpaired) electrons. The first kappa shape index (κ1) is 25.7. The molecular formula is C32H34N6O2. The van der Waals surface area contributed by atoms with Crippen molar-refractivity contribution in [2.75, 3.05) is 23.3 Å². The molecule has 2 aromatic heterocycles. The summed E-state index contributed by atoms with van der Waals surface area (Å²) in [4.78, 5) is 34.5. The summed E-state index contributed by atoms with van der Waals surface area (Å²) >= 11 is 0. The van der Waals surface area contributed by atoms with Gasteiger partial charge < -0.3 is 24.3 Å². The Balaban J connectivity index is 1.39. The first-order chi connectivity index (χ1) is 19.4. The van der Waals surface area contributed by atoms with E-state index >= 15 is 0 Å². The zero-order valence-electron chi connectivity index (χ0n) is 23.1. The highest BCUT2D eigenvalue weighted by atomic mass is 16.1. The molecule has 0 aliphatic carbocycles. The molecule has 8 nitrogen and oxygen atoms in total. The van der Waals surface area contributed by atoms with Crippen LogP contribution in [0.2, 0.25) is 0 Å². The first-order valence-electron chi connectivity index (χ1n) is 13.8. The lowest BCUT2D eigenvalue weighted by atomic mass is 10.0. The van der Waals surface area contributed by atoms with Crippen LogP contribution < -0.4 is 15.8 Å². The van der Waals surface area contributed by atoms with Gasteiger partial charge in [-0.2, -0.15) is 4.99 Å². The second-order valence-electron chi connectivity index (χ2n) is 10.7. The Morgan fingerprint density at radius 2 is 1.75 bits per heavy atom. The van der Waals surface area contributed by atoms with E-state index in [-0.39, 0.29) is 17.9 Å². The van der Waals surface area contributed by atoms with Crippen molar-refractivity contribution < 1.29 is 9.59 Å². The van der Waals surface area contributed by atoms with Crippen molar-refractivity contribution >= 4 is 45.1 Å². The van der Waals surface area contributed by atoms with E-state index < -0.39 is 0 Å². The van der Waals surface area contributed by atoms with Gasteiger partial charge >= 0.3 is 0 Å². The summed E-state index contributed by atoms with van der Waals surface area (Å²) < 4.78 is 4.45. The summed E-state index contributed by atoms with van der Waals surface area (Å²) in [5.74, 6) is -0.288. The summed E-state index contributed by atoms with van der Waals surface area (Å²) in [7, 11) is 0. The summed E-state index contributed by atoms with van der Waals surface area (Å²) in [5, 5.41) is 4.16. The number of carbonyl (C=O) groups excluding carboxylic acids is 2. The first-order valence-corrected chi connectivity index (χ1v) is 13.8. The number of aromatic nitrogens is 3. The van der Waals surface area contributed by atoms with Gasteiger partial charge in [0.1, 0.15) is 0 Å². The average Bonchev–Trinajstić information content (AvgIpc) is 3.53. The molecule has 1 aliphatic rings. The molecule has 0 spiro atoms. The lowest BCUT2D eigenvalue weighted by Crippen LogP contribution is -2.39. The van der Waals surface area contributed by atoms with Gasteiger partial charge in [0.15, 0.2) is 0 Å². The summed E-state index contributed by atoms with van der Waals surface area (Å²) in [6, 6.07) is 23.0. The Bertz CT molecular complexity index is 1800. The molecule has 5 aromatic rings. The molecule has 204 valence electrons. The van der Waals surface area contributed by atoms with Crippen LogP contribution in [0.1, 0.15) is 43.9 Å². The lowest BCUT2D eigenvalue weighted by Gasteiger charge is -2.35. The van der Waals surface area contributed by atoms with Gasteiger partial charge in [-0.25, -0.2) is 0 Å². The molecule has 8 heteroatoms. The Morgan fingerprint density at radius 3 is 2.50 bits per heavy atom. The fourth-order valence-corrected chi connectivity index (χ4v) is 6.03. The minimum absolute atomic E-state index is 0.0748. The SMILES string of the molecule is CC(=O)/N=c1\n(Cc2cccc3[nH]ccc23)c2ccccc2n1C1CCN(c2cc(C)ccc2NC(C)=O)CC1. The average molecular weight is 535 g/mol. The number of anilines is 2. The quantitative estimate of drug-likeness (QED) is 0.311. The van der Waals surface area contributed by atoms with Gasteiger partial charge in [-0.15, -0.1) is 0 Å². The predicted octanol–water partition coefficient (Wildman–Crippen LogP) is 5.53. The number of benzene rings is 3. The smallest absolute Gasteiger partial charge is 0.245 e. The summed E-state index contributed by atoms with van der Waals surface area (Å²) in [5.41, 5.74) is 8.14. The molecule has 40 heavy (non-hydrogen) atoms. The number of amides is 2. The van der Waals surface area contributed by atoms with Crippen LogP contribution in [-0.4, -0.2) is 39.0 Å². The highest BCUT2D eigenvalue weighted by molar-refractivity contribution is 5.93. The Kier molecular flexibility index (Phi) is 6.76. The van der Waals surface area contributed by atoms with Gasteiger partial charge in [-0.05, 0) is 67.3 Å². The summed E-state index contributed by atoms with van der Waals surface area (Å²) in [6.07, 6.45) is 3.74.